The first-order valence-electron chi connectivity index (χ1n) is 6.33. The van der Waals surface area contributed by atoms with Crippen LogP contribution in [-0.4, -0.2) is 12.2 Å². The molecule has 0 aliphatic carbocycles. The smallest absolute Gasteiger partial charge is 0.199 e. The topological polar surface area (TPSA) is 46.5 Å². The van der Waals surface area contributed by atoms with E-state index in [2.05, 4.69) is 0 Å². The van der Waals surface area contributed by atoms with Crippen molar-refractivity contribution in [2.24, 2.45) is 0 Å². The van der Waals surface area contributed by atoms with E-state index in [0.717, 1.165) is 15.0 Å². The van der Waals surface area contributed by atoms with Gasteiger partial charge >= 0.3 is 0 Å². The first kappa shape index (κ1) is 13.1. The van der Waals surface area contributed by atoms with E-state index in [-0.39, 0.29) is 5.43 Å². The van der Waals surface area contributed by atoms with Gasteiger partial charge in [0.05, 0.1) is 18.6 Å². The molecule has 0 aliphatic heterocycles. The van der Waals surface area contributed by atoms with Crippen LogP contribution in [0.1, 0.15) is 18.6 Å². The van der Waals surface area contributed by atoms with E-state index >= 15 is 0 Å². The van der Waals surface area contributed by atoms with E-state index < -0.39 is 6.10 Å². The van der Waals surface area contributed by atoms with Crippen LogP contribution < -0.4 is 10.2 Å². The molecule has 2 aromatic carbocycles. The molecule has 20 heavy (non-hydrogen) atoms. The summed E-state index contributed by atoms with van der Waals surface area (Å²) in [6.07, 6.45) is -0.539. The summed E-state index contributed by atoms with van der Waals surface area (Å²) in [5.74, 6) is 0.602. The second kappa shape index (κ2) is 4.89. The van der Waals surface area contributed by atoms with Crippen LogP contribution in [0.15, 0.2) is 41.2 Å². The molecule has 1 N–H and O–H groups in total. The first-order chi connectivity index (χ1) is 9.61. The van der Waals surface area contributed by atoms with Crippen molar-refractivity contribution in [1.29, 1.82) is 0 Å². The maximum absolute atomic E-state index is 12.6. The highest BCUT2D eigenvalue weighted by molar-refractivity contribution is 7.24. The first-order valence-corrected chi connectivity index (χ1v) is 7.15. The molecule has 4 heteroatoms. The standard InChI is InChI=1S/C16H14O3S/c1-9(17)10-6-7-11-14(8-10)20-13-5-3-4-12(19-2)15(13)16(11)18/h3-9,17H,1-2H3. The predicted octanol–water partition coefficient (Wildman–Crippen LogP) is 3.48. The Morgan fingerprint density at radius 2 is 2.00 bits per heavy atom. The zero-order valence-electron chi connectivity index (χ0n) is 11.2. The highest BCUT2D eigenvalue weighted by atomic mass is 32.1. The molecule has 0 aliphatic rings. The quantitative estimate of drug-likeness (QED) is 0.734. The predicted molar refractivity (Wildman–Crippen MR) is 82.8 cm³/mol. The van der Waals surface area contributed by atoms with Crippen molar-refractivity contribution in [3.05, 3.63) is 52.2 Å². The largest absolute Gasteiger partial charge is 0.496 e. The fourth-order valence-corrected chi connectivity index (χ4v) is 3.46. The van der Waals surface area contributed by atoms with Gasteiger partial charge in [0, 0.05) is 14.8 Å². The van der Waals surface area contributed by atoms with E-state index in [4.69, 9.17) is 4.74 Å². The van der Waals surface area contributed by atoms with Crippen molar-refractivity contribution in [3.63, 3.8) is 0 Å². The molecule has 1 heterocycles. The van der Waals surface area contributed by atoms with Gasteiger partial charge in [-0.2, -0.15) is 0 Å². The van der Waals surface area contributed by atoms with Gasteiger partial charge in [0.25, 0.3) is 0 Å². The summed E-state index contributed by atoms with van der Waals surface area (Å²) in [4.78, 5) is 12.6. The van der Waals surface area contributed by atoms with Crippen LogP contribution in [0, 0.1) is 0 Å². The van der Waals surface area contributed by atoms with Gasteiger partial charge in [-0.15, -0.1) is 11.3 Å². The Labute approximate surface area is 120 Å². The van der Waals surface area contributed by atoms with Crippen LogP contribution in [0.5, 0.6) is 5.75 Å². The van der Waals surface area contributed by atoms with Gasteiger partial charge in [-0.25, -0.2) is 0 Å². The summed E-state index contributed by atoms with van der Waals surface area (Å²) < 4.78 is 7.06. The molecule has 102 valence electrons. The Hall–Kier alpha value is -1.91. The summed E-state index contributed by atoms with van der Waals surface area (Å²) >= 11 is 1.54. The van der Waals surface area contributed by atoms with Crippen LogP contribution in [0.3, 0.4) is 0 Å². The molecular weight excluding hydrogens is 272 g/mol. The van der Waals surface area contributed by atoms with E-state index in [0.29, 0.717) is 16.5 Å². The summed E-state index contributed by atoms with van der Waals surface area (Å²) in [6.45, 7) is 1.72. The summed E-state index contributed by atoms with van der Waals surface area (Å²) in [7, 11) is 1.57. The maximum atomic E-state index is 12.6. The molecule has 0 fully saturated rings. The summed E-state index contributed by atoms with van der Waals surface area (Å²) in [5.41, 5.74) is 0.790. The third-order valence-electron chi connectivity index (χ3n) is 3.39. The minimum atomic E-state index is -0.539. The van der Waals surface area contributed by atoms with E-state index in [9.17, 15) is 9.90 Å². The van der Waals surface area contributed by atoms with Crippen molar-refractivity contribution in [3.8, 4) is 5.75 Å². The summed E-state index contributed by atoms with van der Waals surface area (Å²) in [5, 5.41) is 10.9. The second-order valence-electron chi connectivity index (χ2n) is 4.70. The molecule has 3 aromatic rings. The van der Waals surface area contributed by atoms with Crippen LogP contribution in [-0.2, 0) is 0 Å². The number of hydrogen-bond donors (Lipinski definition) is 1. The molecule has 0 spiro atoms. The van der Waals surface area contributed by atoms with Crippen molar-refractivity contribution >= 4 is 31.5 Å². The lowest BCUT2D eigenvalue weighted by atomic mass is 10.1. The SMILES string of the molecule is COc1cccc2sc3cc(C(C)O)ccc3c(=O)c12. The Balaban J connectivity index is 2.44. The normalized spacial score (nSPS) is 12.8. The number of methoxy groups -OCH3 is 1. The molecule has 1 aromatic heterocycles. The minimum absolute atomic E-state index is 0.0247. The molecule has 1 unspecified atom stereocenters. The number of rotatable bonds is 2. The Bertz CT molecular complexity index is 849. The van der Waals surface area contributed by atoms with Crippen LogP contribution in [0.2, 0.25) is 0 Å². The molecule has 0 saturated carbocycles. The second-order valence-corrected chi connectivity index (χ2v) is 5.78. The lowest BCUT2D eigenvalue weighted by Crippen LogP contribution is -2.03. The zero-order valence-corrected chi connectivity index (χ0v) is 12.0. The number of ether oxygens (including phenoxy) is 1. The number of benzene rings is 2. The Kier molecular flexibility index (Phi) is 3.20. The number of fused-ring (bicyclic) bond motifs is 2. The highest BCUT2D eigenvalue weighted by Crippen LogP contribution is 2.31. The molecule has 0 saturated heterocycles. The van der Waals surface area contributed by atoms with E-state index in [1.165, 1.54) is 11.3 Å². The van der Waals surface area contributed by atoms with E-state index in [1.807, 2.05) is 18.2 Å². The molecule has 3 nitrogen and oxygen atoms in total. The van der Waals surface area contributed by atoms with Crippen molar-refractivity contribution in [2.75, 3.05) is 7.11 Å². The number of hydrogen-bond acceptors (Lipinski definition) is 4. The molecular formula is C16H14O3S. The Morgan fingerprint density at radius 3 is 2.70 bits per heavy atom. The van der Waals surface area contributed by atoms with Gasteiger partial charge in [-0.05, 0) is 36.8 Å². The monoisotopic (exact) mass is 286 g/mol. The fraction of sp³-hybridized carbons (Fsp3) is 0.188. The average Bonchev–Trinajstić information content (AvgIpc) is 2.46. The Morgan fingerprint density at radius 1 is 1.20 bits per heavy atom. The third-order valence-corrected chi connectivity index (χ3v) is 4.51. The van der Waals surface area contributed by atoms with Crippen LogP contribution >= 0.6 is 11.3 Å². The van der Waals surface area contributed by atoms with Crippen molar-refractivity contribution in [2.45, 2.75) is 13.0 Å². The van der Waals surface area contributed by atoms with Crippen LogP contribution in [0.25, 0.3) is 20.2 Å². The average molecular weight is 286 g/mol. The van der Waals surface area contributed by atoms with Gasteiger partial charge in [0.1, 0.15) is 5.75 Å². The lowest BCUT2D eigenvalue weighted by molar-refractivity contribution is 0.199. The van der Waals surface area contributed by atoms with Gasteiger partial charge < -0.3 is 9.84 Å². The minimum Gasteiger partial charge on any atom is -0.496 e. The van der Waals surface area contributed by atoms with Crippen molar-refractivity contribution in [1.82, 2.24) is 0 Å². The number of aliphatic hydroxyl groups is 1. The van der Waals surface area contributed by atoms with Gasteiger partial charge in [-0.3, -0.25) is 4.79 Å². The zero-order chi connectivity index (χ0) is 14.3. The molecule has 1 atom stereocenters. The van der Waals surface area contributed by atoms with E-state index in [1.54, 1.807) is 32.2 Å². The molecule has 0 bridgehead atoms. The van der Waals surface area contributed by atoms with Crippen molar-refractivity contribution < 1.29 is 9.84 Å². The molecule has 3 rings (SSSR count). The molecule has 0 radical (unpaired) electrons. The van der Waals surface area contributed by atoms with Gasteiger partial charge in [0.2, 0.25) is 0 Å². The fourth-order valence-electron chi connectivity index (χ4n) is 2.31. The number of aliphatic hydroxyl groups excluding tert-OH is 1. The van der Waals surface area contributed by atoms with Gasteiger partial charge in [-0.1, -0.05) is 12.1 Å². The molecule has 0 amide bonds. The highest BCUT2D eigenvalue weighted by Gasteiger charge is 2.11. The van der Waals surface area contributed by atoms with Crippen LogP contribution in [0.4, 0.5) is 0 Å². The van der Waals surface area contributed by atoms with Gasteiger partial charge in [0.15, 0.2) is 5.43 Å². The maximum Gasteiger partial charge on any atom is 0.199 e. The third kappa shape index (κ3) is 1.97. The summed E-state index contributed by atoms with van der Waals surface area (Å²) in [6, 6.07) is 11.0. The lowest BCUT2D eigenvalue weighted by Gasteiger charge is -2.08.